The molecule has 4 aromatic rings. The molecule has 1 amide bonds. The van der Waals surface area contributed by atoms with Crippen molar-refractivity contribution in [3.63, 3.8) is 0 Å². The van der Waals surface area contributed by atoms with Crippen LogP contribution >= 0.6 is 11.3 Å². The molecule has 1 fully saturated rings. The van der Waals surface area contributed by atoms with Gasteiger partial charge in [0.05, 0.1) is 29.3 Å². The van der Waals surface area contributed by atoms with Crippen LogP contribution in [0.5, 0.6) is 0 Å². The lowest BCUT2D eigenvalue weighted by Crippen LogP contribution is -2.38. The van der Waals surface area contributed by atoms with Crippen molar-refractivity contribution in [2.24, 2.45) is 0 Å². The topological polar surface area (TPSA) is 42.4 Å². The monoisotopic (exact) mass is 430 g/mol. The third kappa shape index (κ3) is 4.21. The van der Waals surface area contributed by atoms with Crippen LogP contribution in [0, 0.1) is 0 Å². The van der Waals surface area contributed by atoms with E-state index in [0.29, 0.717) is 13.0 Å². The molecule has 31 heavy (non-hydrogen) atoms. The summed E-state index contributed by atoms with van der Waals surface area (Å²) in [6.45, 7) is 3.48. The Bertz CT molecular complexity index is 1230. The molecule has 0 N–H and O–H groups in total. The van der Waals surface area contributed by atoms with Crippen molar-refractivity contribution >= 4 is 43.4 Å². The van der Waals surface area contributed by atoms with Crippen LogP contribution < -0.4 is 4.90 Å². The van der Waals surface area contributed by atoms with Gasteiger partial charge in [0.1, 0.15) is 0 Å². The molecular weight excluding hydrogens is 404 g/mol. The Morgan fingerprint density at radius 3 is 2.81 bits per heavy atom. The summed E-state index contributed by atoms with van der Waals surface area (Å²) >= 11 is 1.60. The summed E-state index contributed by atoms with van der Waals surface area (Å²) in [6.07, 6.45) is 3.41. The number of aryl methyl sites for hydroxylation is 1. The molecule has 0 spiro atoms. The lowest BCUT2D eigenvalue weighted by Gasteiger charge is -2.23. The third-order valence-corrected chi connectivity index (χ3v) is 7.03. The maximum absolute atomic E-state index is 13.5. The molecule has 1 unspecified atom stereocenters. The molecular formula is C26H26N2O2S. The largest absolute Gasteiger partial charge is 0.376 e. The molecule has 1 aliphatic heterocycles. The van der Waals surface area contributed by atoms with Crippen molar-refractivity contribution in [1.29, 1.82) is 0 Å². The van der Waals surface area contributed by atoms with E-state index in [-0.39, 0.29) is 12.0 Å². The third-order valence-electron chi connectivity index (χ3n) is 5.98. The number of anilines is 1. The second-order valence-electron chi connectivity index (χ2n) is 8.11. The zero-order valence-electron chi connectivity index (χ0n) is 17.7. The summed E-state index contributed by atoms with van der Waals surface area (Å²) in [6, 6.07) is 20.8. The number of thiazole rings is 1. The average Bonchev–Trinajstić information content (AvgIpc) is 3.46. The van der Waals surface area contributed by atoms with E-state index < -0.39 is 0 Å². The number of aromatic nitrogens is 1. The van der Waals surface area contributed by atoms with E-state index in [1.165, 1.54) is 10.9 Å². The number of hydrogen-bond donors (Lipinski definition) is 0. The Labute approximate surface area is 186 Å². The summed E-state index contributed by atoms with van der Waals surface area (Å²) in [4.78, 5) is 20.3. The predicted molar refractivity (Wildman–Crippen MR) is 128 cm³/mol. The van der Waals surface area contributed by atoms with Gasteiger partial charge in [0.15, 0.2) is 5.13 Å². The highest BCUT2D eigenvalue weighted by atomic mass is 32.1. The van der Waals surface area contributed by atoms with Gasteiger partial charge in [0, 0.05) is 6.61 Å². The summed E-state index contributed by atoms with van der Waals surface area (Å²) in [7, 11) is 0. The average molecular weight is 431 g/mol. The van der Waals surface area contributed by atoms with E-state index in [4.69, 9.17) is 9.72 Å². The maximum Gasteiger partial charge on any atom is 0.233 e. The van der Waals surface area contributed by atoms with E-state index in [1.807, 2.05) is 17.0 Å². The van der Waals surface area contributed by atoms with Crippen LogP contribution in [0.1, 0.15) is 30.9 Å². The molecule has 5 heteroatoms. The SMILES string of the molecule is CCc1cccc2sc(N(CC3CCCO3)C(=O)Cc3ccc4ccccc4c3)nc12. The molecule has 0 saturated carbocycles. The first kappa shape index (κ1) is 20.2. The number of ether oxygens (including phenoxy) is 1. The second kappa shape index (κ2) is 8.77. The van der Waals surface area contributed by atoms with Gasteiger partial charge in [-0.05, 0) is 47.2 Å². The minimum atomic E-state index is 0.0721. The fourth-order valence-corrected chi connectivity index (χ4v) is 5.33. The van der Waals surface area contributed by atoms with Crippen molar-refractivity contribution in [2.45, 2.75) is 38.7 Å². The lowest BCUT2D eigenvalue weighted by atomic mass is 10.0. The Morgan fingerprint density at radius 1 is 1.13 bits per heavy atom. The smallest absolute Gasteiger partial charge is 0.233 e. The van der Waals surface area contributed by atoms with E-state index >= 15 is 0 Å². The van der Waals surface area contributed by atoms with Gasteiger partial charge in [0.2, 0.25) is 5.91 Å². The van der Waals surface area contributed by atoms with Crippen LogP contribution in [0.2, 0.25) is 0 Å². The number of hydrogen-bond acceptors (Lipinski definition) is 4. The molecule has 0 radical (unpaired) electrons. The Morgan fingerprint density at radius 2 is 2.00 bits per heavy atom. The maximum atomic E-state index is 13.5. The molecule has 158 valence electrons. The Hall–Kier alpha value is -2.76. The van der Waals surface area contributed by atoms with Gasteiger partial charge < -0.3 is 4.74 Å². The van der Waals surface area contributed by atoms with Crippen LogP contribution in [0.15, 0.2) is 60.7 Å². The number of carbonyl (C=O) groups excluding carboxylic acids is 1. The van der Waals surface area contributed by atoms with Gasteiger partial charge in [-0.3, -0.25) is 9.69 Å². The molecule has 1 aliphatic rings. The van der Waals surface area contributed by atoms with Crippen molar-refractivity contribution in [2.75, 3.05) is 18.1 Å². The molecule has 1 aromatic heterocycles. The lowest BCUT2D eigenvalue weighted by molar-refractivity contribution is -0.118. The summed E-state index contributed by atoms with van der Waals surface area (Å²) in [5.41, 5.74) is 3.26. The highest BCUT2D eigenvalue weighted by Crippen LogP contribution is 2.32. The number of rotatable bonds is 6. The van der Waals surface area contributed by atoms with E-state index in [2.05, 4.69) is 55.5 Å². The Kier molecular flexibility index (Phi) is 5.70. The fraction of sp³-hybridized carbons (Fsp3) is 0.308. The van der Waals surface area contributed by atoms with Crippen LogP contribution in [0.3, 0.4) is 0 Å². The quantitative estimate of drug-likeness (QED) is 0.390. The minimum absolute atomic E-state index is 0.0721. The number of nitrogens with zero attached hydrogens (tertiary/aromatic N) is 2. The first-order valence-electron chi connectivity index (χ1n) is 11.0. The number of fused-ring (bicyclic) bond motifs is 2. The second-order valence-corrected chi connectivity index (χ2v) is 9.12. The van der Waals surface area contributed by atoms with Crippen molar-refractivity contribution in [1.82, 2.24) is 4.98 Å². The van der Waals surface area contributed by atoms with Crippen molar-refractivity contribution < 1.29 is 9.53 Å². The van der Waals surface area contributed by atoms with Crippen LogP contribution in [-0.2, 0) is 22.4 Å². The molecule has 1 atom stereocenters. The fourth-order valence-electron chi connectivity index (χ4n) is 4.29. The standard InChI is InChI=1S/C26H26N2O2S/c1-2-19-9-5-11-23-25(19)27-26(31-23)28(17-22-10-6-14-30-22)24(29)16-18-12-13-20-7-3-4-8-21(20)15-18/h3-5,7-9,11-13,15,22H,2,6,10,14,16-17H2,1H3. The van der Waals surface area contributed by atoms with E-state index in [9.17, 15) is 4.79 Å². The molecule has 5 rings (SSSR count). The molecule has 4 nitrogen and oxygen atoms in total. The number of benzene rings is 3. The molecule has 3 aromatic carbocycles. The number of amides is 1. The number of carbonyl (C=O) groups is 1. The normalized spacial score (nSPS) is 16.2. The van der Waals surface area contributed by atoms with Crippen LogP contribution in [0.25, 0.3) is 21.0 Å². The molecule has 0 aliphatic carbocycles. The number of para-hydroxylation sites is 1. The van der Waals surface area contributed by atoms with Gasteiger partial charge >= 0.3 is 0 Å². The minimum Gasteiger partial charge on any atom is -0.376 e. The predicted octanol–water partition coefficient (Wildman–Crippen LogP) is 5.77. The Balaban J connectivity index is 1.46. The van der Waals surface area contributed by atoms with Crippen LogP contribution in [0.4, 0.5) is 5.13 Å². The van der Waals surface area contributed by atoms with Gasteiger partial charge in [-0.2, -0.15) is 0 Å². The molecule has 2 heterocycles. The molecule has 0 bridgehead atoms. The van der Waals surface area contributed by atoms with Gasteiger partial charge in [-0.1, -0.05) is 72.9 Å². The summed E-state index contributed by atoms with van der Waals surface area (Å²) < 4.78 is 6.99. The zero-order chi connectivity index (χ0) is 21.2. The van der Waals surface area contributed by atoms with Crippen LogP contribution in [-0.4, -0.2) is 30.1 Å². The summed E-state index contributed by atoms with van der Waals surface area (Å²) in [5, 5.41) is 3.12. The van der Waals surface area contributed by atoms with Gasteiger partial charge in [-0.25, -0.2) is 4.98 Å². The zero-order valence-corrected chi connectivity index (χ0v) is 18.5. The van der Waals surface area contributed by atoms with Gasteiger partial charge in [-0.15, -0.1) is 0 Å². The highest BCUT2D eigenvalue weighted by molar-refractivity contribution is 7.22. The van der Waals surface area contributed by atoms with Crippen molar-refractivity contribution in [3.05, 3.63) is 71.8 Å². The first-order valence-corrected chi connectivity index (χ1v) is 11.8. The first-order chi connectivity index (χ1) is 15.2. The van der Waals surface area contributed by atoms with E-state index in [0.717, 1.165) is 52.2 Å². The summed E-state index contributed by atoms with van der Waals surface area (Å²) in [5.74, 6) is 0.0721. The molecule has 1 saturated heterocycles. The van der Waals surface area contributed by atoms with Crippen molar-refractivity contribution in [3.8, 4) is 0 Å². The highest BCUT2D eigenvalue weighted by Gasteiger charge is 2.26. The van der Waals surface area contributed by atoms with E-state index in [1.54, 1.807) is 11.3 Å². The van der Waals surface area contributed by atoms with Gasteiger partial charge in [0.25, 0.3) is 0 Å².